The zero-order chi connectivity index (χ0) is 16.0. The first-order chi connectivity index (χ1) is 10.4. The molecule has 2 aliphatic rings. The predicted octanol–water partition coefficient (Wildman–Crippen LogP) is 5.26. The zero-order valence-corrected chi connectivity index (χ0v) is 15.0. The van der Waals surface area contributed by atoms with Crippen LogP contribution in [0.2, 0.25) is 0 Å². The van der Waals surface area contributed by atoms with Gasteiger partial charge in [-0.1, -0.05) is 23.2 Å². The van der Waals surface area contributed by atoms with E-state index in [1.165, 1.54) is 11.1 Å². The van der Waals surface area contributed by atoms with Crippen LogP contribution in [0.4, 0.5) is 0 Å². The van der Waals surface area contributed by atoms with Gasteiger partial charge in [0.1, 0.15) is 0 Å². The second kappa shape index (κ2) is 5.92. The number of nitrogens with zero attached hydrogens (tertiary/aromatic N) is 2. The molecule has 0 saturated carbocycles. The standard InChI is InChI=1S/C18H22Cl2N2/c1-11(2)21-7-13-5-18(20)16-10-22(12(3)4)8-14(16)6-17(19)15(13)9-21/h5-7,9,11-12H,8,10H2,1-4H3/b17-6+,18-5+. The molecule has 1 aliphatic carbocycles. The molecule has 2 nitrogen and oxygen atoms in total. The van der Waals surface area contributed by atoms with Crippen LogP contribution in [-0.4, -0.2) is 28.6 Å². The largest absolute Gasteiger partial charge is 0.351 e. The lowest BCUT2D eigenvalue weighted by atomic mass is 10.0. The molecule has 0 saturated heterocycles. The van der Waals surface area contributed by atoms with Crippen LogP contribution in [-0.2, 0) is 0 Å². The van der Waals surface area contributed by atoms with Gasteiger partial charge in [-0.15, -0.1) is 0 Å². The monoisotopic (exact) mass is 336 g/mol. The Kier molecular flexibility index (Phi) is 4.28. The third kappa shape index (κ3) is 2.80. The minimum atomic E-state index is 0.404. The number of rotatable bonds is 2. The van der Waals surface area contributed by atoms with Gasteiger partial charge in [0.25, 0.3) is 0 Å². The molecule has 2 heterocycles. The molecular weight excluding hydrogens is 315 g/mol. The molecule has 3 rings (SSSR count). The summed E-state index contributed by atoms with van der Waals surface area (Å²) in [6.07, 6.45) is 8.39. The lowest BCUT2D eigenvalue weighted by molar-refractivity contribution is 0.283. The van der Waals surface area contributed by atoms with Gasteiger partial charge in [0.15, 0.2) is 0 Å². The normalized spacial score (nSPS) is 23.8. The van der Waals surface area contributed by atoms with E-state index < -0.39 is 0 Å². The minimum absolute atomic E-state index is 0.404. The SMILES string of the molecule is CC(C)N1CC2=C(C1)C(/Cl)=C\c1cn(C(C)C)cc1/C(Cl)=C\2. The van der Waals surface area contributed by atoms with Crippen LogP contribution in [0.1, 0.15) is 44.9 Å². The molecule has 1 aromatic heterocycles. The summed E-state index contributed by atoms with van der Waals surface area (Å²) >= 11 is 13.2. The Hall–Kier alpha value is -0.960. The van der Waals surface area contributed by atoms with Gasteiger partial charge >= 0.3 is 0 Å². The van der Waals surface area contributed by atoms with E-state index in [4.69, 9.17) is 23.2 Å². The average Bonchev–Trinajstić information content (AvgIpc) is 3.01. The van der Waals surface area contributed by atoms with E-state index in [0.29, 0.717) is 12.1 Å². The van der Waals surface area contributed by atoms with Gasteiger partial charge in [-0.3, -0.25) is 4.90 Å². The van der Waals surface area contributed by atoms with Crippen molar-refractivity contribution < 1.29 is 0 Å². The molecule has 22 heavy (non-hydrogen) atoms. The number of hydrogen-bond donors (Lipinski definition) is 0. The molecule has 4 heteroatoms. The Balaban J connectivity index is 2.05. The van der Waals surface area contributed by atoms with Crippen LogP contribution in [0.25, 0.3) is 11.1 Å². The molecule has 1 aliphatic heterocycles. The smallest absolute Gasteiger partial charge is 0.0503 e. The molecule has 1 aromatic rings. The Bertz CT molecular complexity index is 690. The van der Waals surface area contributed by atoms with E-state index in [1.807, 2.05) is 0 Å². The molecule has 0 N–H and O–H groups in total. The molecule has 0 aromatic carbocycles. The van der Waals surface area contributed by atoms with Gasteiger partial charge in [-0.2, -0.15) is 0 Å². The van der Waals surface area contributed by atoms with E-state index in [1.54, 1.807) is 0 Å². The molecule has 0 atom stereocenters. The van der Waals surface area contributed by atoms with Crippen molar-refractivity contribution in [1.82, 2.24) is 9.47 Å². The van der Waals surface area contributed by atoms with Crippen LogP contribution in [0, 0.1) is 0 Å². The van der Waals surface area contributed by atoms with Crippen LogP contribution in [0.3, 0.4) is 0 Å². The highest BCUT2D eigenvalue weighted by atomic mass is 35.5. The summed E-state index contributed by atoms with van der Waals surface area (Å²) in [5.74, 6) is 0. The predicted molar refractivity (Wildman–Crippen MR) is 96.2 cm³/mol. The van der Waals surface area contributed by atoms with Gasteiger partial charge < -0.3 is 4.57 Å². The molecule has 0 spiro atoms. The summed E-state index contributed by atoms with van der Waals surface area (Å²) < 4.78 is 2.18. The first kappa shape index (κ1) is 15.9. The summed E-state index contributed by atoms with van der Waals surface area (Å²) in [5.41, 5.74) is 4.59. The second-order valence-corrected chi connectivity index (χ2v) is 7.47. The van der Waals surface area contributed by atoms with Crippen LogP contribution in [0.15, 0.2) is 34.6 Å². The van der Waals surface area contributed by atoms with Gasteiger partial charge in [-0.25, -0.2) is 0 Å². The lowest BCUT2D eigenvalue weighted by Crippen LogP contribution is -2.29. The van der Waals surface area contributed by atoms with Crippen molar-refractivity contribution in [3.05, 3.63) is 45.8 Å². The van der Waals surface area contributed by atoms with Gasteiger partial charge in [-0.05, 0) is 51.0 Å². The number of halogens is 2. The van der Waals surface area contributed by atoms with E-state index in [2.05, 4.69) is 61.7 Å². The summed E-state index contributed by atoms with van der Waals surface area (Å²) in [6.45, 7) is 10.5. The fourth-order valence-electron chi connectivity index (χ4n) is 2.96. The maximum absolute atomic E-state index is 6.62. The van der Waals surface area contributed by atoms with Crippen LogP contribution in [0.5, 0.6) is 0 Å². The molecule has 0 radical (unpaired) electrons. The topological polar surface area (TPSA) is 8.17 Å². The Morgan fingerprint density at radius 3 is 2.27 bits per heavy atom. The summed E-state index contributed by atoms with van der Waals surface area (Å²) in [5, 5.41) is 1.63. The van der Waals surface area contributed by atoms with Crippen molar-refractivity contribution in [3.63, 3.8) is 0 Å². The first-order valence-electron chi connectivity index (χ1n) is 7.79. The Morgan fingerprint density at radius 2 is 1.64 bits per heavy atom. The van der Waals surface area contributed by atoms with Crippen molar-refractivity contribution in [1.29, 1.82) is 0 Å². The van der Waals surface area contributed by atoms with E-state index in [0.717, 1.165) is 34.3 Å². The van der Waals surface area contributed by atoms with E-state index in [-0.39, 0.29) is 0 Å². The van der Waals surface area contributed by atoms with Crippen molar-refractivity contribution in [2.75, 3.05) is 13.1 Å². The van der Waals surface area contributed by atoms with Crippen molar-refractivity contribution >= 4 is 34.3 Å². The molecule has 0 amide bonds. The van der Waals surface area contributed by atoms with Crippen molar-refractivity contribution in [2.24, 2.45) is 0 Å². The molecule has 0 fully saturated rings. The lowest BCUT2D eigenvalue weighted by Gasteiger charge is -2.20. The van der Waals surface area contributed by atoms with Crippen LogP contribution >= 0.6 is 23.2 Å². The highest BCUT2D eigenvalue weighted by Crippen LogP contribution is 2.37. The average molecular weight is 337 g/mol. The fraction of sp³-hybridized carbons (Fsp3) is 0.444. The van der Waals surface area contributed by atoms with Crippen molar-refractivity contribution in [2.45, 2.75) is 39.8 Å². The molecule has 118 valence electrons. The Morgan fingerprint density at radius 1 is 0.909 bits per heavy atom. The first-order valence-corrected chi connectivity index (χ1v) is 8.55. The summed E-state index contributed by atoms with van der Waals surface area (Å²) in [6, 6.07) is 0.903. The molecule has 0 unspecified atom stereocenters. The zero-order valence-electron chi connectivity index (χ0n) is 13.5. The third-order valence-corrected chi connectivity index (χ3v) is 5.10. The van der Waals surface area contributed by atoms with Gasteiger partial charge in [0, 0.05) is 53.7 Å². The molecular formula is C18H22Cl2N2. The Labute approximate surface area is 142 Å². The minimum Gasteiger partial charge on any atom is -0.351 e. The van der Waals surface area contributed by atoms with E-state index in [9.17, 15) is 0 Å². The number of aromatic nitrogens is 1. The summed E-state index contributed by atoms with van der Waals surface area (Å²) in [7, 11) is 0. The highest BCUT2D eigenvalue weighted by molar-refractivity contribution is 6.49. The van der Waals surface area contributed by atoms with E-state index >= 15 is 0 Å². The maximum Gasteiger partial charge on any atom is 0.0503 e. The van der Waals surface area contributed by atoms with Gasteiger partial charge in [0.05, 0.1) is 5.03 Å². The third-order valence-electron chi connectivity index (χ3n) is 4.45. The van der Waals surface area contributed by atoms with Crippen molar-refractivity contribution in [3.8, 4) is 0 Å². The maximum atomic E-state index is 6.62. The van der Waals surface area contributed by atoms with Gasteiger partial charge in [0.2, 0.25) is 0 Å². The molecule has 0 bridgehead atoms. The number of fused-ring (bicyclic) bond motifs is 1. The summed E-state index contributed by atoms with van der Waals surface area (Å²) in [4.78, 5) is 2.41. The number of hydrogen-bond acceptors (Lipinski definition) is 1. The fourth-order valence-corrected chi connectivity index (χ4v) is 3.55. The quantitative estimate of drug-likeness (QED) is 0.714. The second-order valence-electron chi connectivity index (χ2n) is 6.66. The highest BCUT2D eigenvalue weighted by Gasteiger charge is 2.26. The van der Waals surface area contributed by atoms with Crippen LogP contribution < -0.4 is 0 Å².